The highest BCUT2D eigenvalue weighted by Gasteiger charge is 2.43. The fourth-order valence-electron chi connectivity index (χ4n) is 2.91. The van der Waals surface area contributed by atoms with Gasteiger partial charge < -0.3 is 10.5 Å². The minimum absolute atomic E-state index is 0.134. The van der Waals surface area contributed by atoms with Crippen LogP contribution in [-0.4, -0.2) is 43.3 Å². The Hall–Kier alpha value is -0.120. The average Bonchev–Trinajstić information content (AvgIpc) is 2.47. The smallest absolute Gasteiger partial charge is 0.0528 e. The maximum Gasteiger partial charge on any atom is 0.0528 e. The fourth-order valence-corrected chi connectivity index (χ4v) is 2.91. The summed E-state index contributed by atoms with van der Waals surface area (Å²) in [4.78, 5) is 2.52. The van der Waals surface area contributed by atoms with Crippen molar-refractivity contribution in [1.29, 1.82) is 0 Å². The highest BCUT2D eigenvalue weighted by atomic mass is 16.5. The van der Waals surface area contributed by atoms with Crippen molar-refractivity contribution in [2.45, 2.75) is 52.2 Å². The fraction of sp³-hybridized carbons (Fsp3) is 1.00. The van der Waals surface area contributed by atoms with Crippen molar-refractivity contribution in [3.8, 4) is 0 Å². The number of methoxy groups -OCH3 is 1. The number of hydrogen-bond acceptors (Lipinski definition) is 3. The van der Waals surface area contributed by atoms with Gasteiger partial charge in [0.15, 0.2) is 0 Å². The second-order valence-electron chi connectivity index (χ2n) is 5.65. The number of hydrogen-bond donors (Lipinski definition) is 1. The summed E-state index contributed by atoms with van der Waals surface area (Å²) in [6.07, 6.45) is 1.11. The zero-order valence-corrected chi connectivity index (χ0v) is 10.8. The molecule has 2 N–H and O–H groups in total. The predicted molar refractivity (Wildman–Crippen MR) is 63.9 cm³/mol. The van der Waals surface area contributed by atoms with Gasteiger partial charge in [0.1, 0.15) is 0 Å². The summed E-state index contributed by atoms with van der Waals surface area (Å²) in [6.45, 7) is 10.9. The monoisotopic (exact) mass is 214 g/mol. The normalized spacial score (nSPS) is 29.0. The van der Waals surface area contributed by atoms with Crippen LogP contribution in [0, 0.1) is 5.41 Å². The second-order valence-corrected chi connectivity index (χ2v) is 5.65. The Morgan fingerprint density at radius 2 is 2.07 bits per heavy atom. The Morgan fingerprint density at radius 3 is 2.53 bits per heavy atom. The van der Waals surface area contributed by atoms with E-state index in [1.54, 1.807) is 7.11 Å². The van der Waals surface area contributed by atoms with E-state index in [0.29, 0.717) is 12.1 Å². The van der Waals surface area contributed by atoms with Gasteiger partial charge in [-0.3, -0.25) is 4.90 Å². The summed E-state index contributed by atoms with van der Waals surface area (Å²) in [5, 5.41) is 0. The molecule has 1 rings (SSSR count). The third-order valence-corrected chi connectivity index (χ3v) is 3.46. The molecule has 0 amide bonds. The van der Waals surface area contributed by atoms with Crippen molar-refractivity contribution in [3.05, 3.63) is 0 Å². The standard InChI is InChI=1S/C12H26N2O/c1-9(2)14-7-6-10(13)11(14)12(3,4)8-15-5/h9-11H,6-8,13H2,1-5H3/t10-,11-/m1/s1. The molecule has 0 radical (unpaired) electrons. The quantitative estimate of drug-likeness (QED) is 0.770. The minimum Gasteiger partial charge on any atom is -0.384 e. The van der Waals surface area contributed by atoms with Crippen LogP contribution in [0.2, 0.25) is 0 Å². The van der Waals surface area contributed by atoms with E-state index in [1.807, 2.05) is 0 Å². The number of nitrogens with two attached hydrogens (primary N) is 1. The first-order chi connectivity index (χ1) is 6.90. The Labute approximate surface area is 94.0 Å². The van der Waals surface area contributed by atoms with Crippen molar-refractivity contribution in [3.63, 3.8) is 0 Å². The number of rotatable bonds is 4. The summed E-state index contributed by atoms with van der Waals surface area (Å²) in [7, 11) is 1.77. The molecule has 0 aromatic heterocycles. The van der Waals surface area contributed by atoms with Gasteiger partial charge >= 0.3 is 0 Å². The zero-order valence-electron chi connectivity index (χ0n) is 10.8. The van der Waals surface area contributed by atoms with E-state index in [4.69, 9.17) is 10.5 Å². The van der Waals surface area contributed by atoms with Gasteiger partial charge in [0.05, 0.1) is 6.61 Å². The lowest BCUT2D eigenvalue weighted by Crippen LogP contribution is -2.53. The van der Waals surface area contributed by atoms with Crippen LogP contribution in [0.5, 0.6) is 0 Å². The Morgan fingerprint density at radius 1 is 1.47 bits per heavy atom. The molecule has 90 valence electrons. The molecule has 0 unspecified atom stereocenters. The van der Waals surface area contributed by atoms with E-state index in [9.17, 15) is 0 Å². The van der Waals surface area contributed by atoms with Gasteiger partial charge in [-0.25, -0.2) is 0 Å². The molecule has 1 fully saturated rings. The van der Waals surface area contributed by atoms with E-state index in [1.165, 1.54) is 0 Å². The van der Waals surface area contributed by atoms with Crippen LogP contribution in [0.15, 0.2) is 0 Å². The van der Waals surface area contributed by atoms with Crippen molar-refractivity contribution in [2.75, 3.05) is 20.3 Å². The first-order valence-electron chi connectivity index (χ1n) is 5.90. The van der Waals surface area contributed by atoms with E-state index in [0.717, 1.165) is 19.6 Å². The zero-order chi connectivity index (χ0) is 11.6. The van der Waals surface area contributed by atoms with Crippen LogP contribution in [0.25, 0.3) is 0 Å². The lowest BCUT2D eigenvalue weighted by Gasteiger charge is -2.41. The van der Waals surface area contributed by atoms with Gasteiger partial charge in [-0.2, -0.15) is 0 Å². The molecule has 1 aliphatic rings. The summed E-state index contributed by atoms with van der Waals surface area (Å²) in [6, 6.07) is 1.30. The maximum atomic E-state index is 6.23. The van der Waals surface area contributed by atoms with Crippen LogP contribution in [0.4, 0.5) is 0 Å². The molecular formula is C12H26N2O. The molecule has 15 heavy (non-hydrogen) atoms. The van der Waals surface area contributed by atoms with Crippen molar-refractivity contribution in [1.82, 2.24) is 4.90 Å². The number of nitrogens with zero attached hydrogens (tertiary/aromatic N) is 1. The molecular weight excluding hydrogens is 188 g/mol. The summed E-state index contributed by atoms with van der Waals surface area (Å²) in [5.41, 5.74) is 6.36. The molecule has 0 aromatic carbocycles. The molecule has 1 saturated heterocycles. The van der Waals surface area contributed by atoms with Crippen LogP contribution in [0.1, 0.15) is 34.1 Å². The maximum absolute atomic E-state index is 6.23. The molecule has 1 aliphatic heterocycles. The van der Waals surface area contributed by atoms with Crippen molar-refractivity contribution >= 4 is 0 Å². The third kappa shape index (κ3) is 2.71. The van der Waals surface area contributed by atoms with Crippen LogP contribution >= 0.6 is 0 Å². The summed E-state index contributed by atoms with van der Waals surface area (Å²) in [5.74, 6) is 0. The summed E-state index contributed by atoms with van der Waals surface area (Å²) >= 11 is 0. The van der Waals surface area contributed by atoms with Gasteiger partial charge in [0.2, 0.25) is 0 Å². The Kier molecular flexibility index (Phi) is 4.15. The molecule has 2 atom stereocenters. The second kappa shape index (κ2) is 4.81. The molecule has 0 bridgehead atoms. The predicted octanol–water partition coefficient (Wildman–Crippen LogP) is 1.47. The molecule has 0 saturated carbocycles. The average molecular weight is 214 g/mol. The number of ether oxygens (including phenoxy) is 1. The molecule has 3 nitrogen and oxygen atoms in total. The van der Waals surface area contributed by atoms with Gasteiger partial charge in [0.25, 0.3) is 0 Å². The lowest BCUT2D eigenvalue weighted by atomic mass is 9.81. The summed E-state index contributed by atoms with van der Waals surface area (Å²) < 4.78 is 5.31. The first-order valence-corrected chi connectivity index (χ1v) is 5.90. The van der Waals surface area contributed by atoms with Crippen LogP contribution in [0.3, 0.4) is 0 Å². The van der Waals surface area contributed by atoms with Crippen molar-refractivity contribution in [2.24, 2.45) is 11.1 Å². The molecule has 3 heteroatoms. The van der Waals surface area contributed by atoms with E-state index < -0.39 is 0 Å². The van der Waals surface area contributed by atoms with Crippen molar-refractivity contribution < 1.29 is 4.74 Å². The lowest BCUT2D eigenvalue weighted by molar-refractivity contribution is 0.0211. The molecule has 0 aliphatic carbocycles. The topological polar surface area (TPSA) is 38.5 Å². The van der Waals surface area contributed by atoms with Gasteiger partial charge in [0, 0.05) is 37.2 Å². The minimum atomic E-state index is 0.134. The van der Waals surface area contributed by atoms with Gasteiger partial charge in [-0.1, -0.05) is 13.8 Å². The van der Waals surface area contributed by atoms with E-state index in [2.05, 4.69) is 32.6 Å². The Bertz CT molecular complexity index is 204. The third-order valence-electron chi connectivity index (χ3n) is 3.46. The van der Waals surface area contributed by atoms with E-state index in [-0.39, 0.29) is 11.5 Å². The number of likely N-dealkylation sites (tertiary alicyclic amines) is 1. The highest BCUT2D eigenvalue weighted by molar-refractivity contribution is 4.99. The van der Waals surface area contributed by atoms with Gasteiger partial charge in [-0.05, 0) is 20.3 Å². The van der Waals surface area contributed by atoms with Crippen LogP contribution in [-0.2, 0) is 4.74 Å². The Balaban J connectivity index is 2.79. The highest BCUT2D eigenvalue weighted by Crippen LogP contribution is 2.34. The molecule has 0 aromatic rings. The molecule has 0 spiro atoms. The van der Waals surface area contributed by atoms with E-state index >= 15 is 0 Å². The largest absolute Gasteiger partial charge is 0.384 e. The molecule has 1 heterocycles. The van der Waals surface area contributed by atoms with Crippen LogP contribution < -0.4 is 5.73 Å². The SMILES string of the molecule is COCC(C)(C)[C@H]1[C@H](N)CCN1C(C)C. The first kappa shape index (κ1) is 12.9. The van der Waals surface area contributed by atoms with Gasteiger partial charge in [-0.15, -0.1) is 0 Å².